The van der Waals surface area contributed by atoms with Crippen molar-refractivity contribution in [3.63, 3.8) is 0 Å². The topological polar surface area (TPSA) is 62.7 Å². The molecule has 1 aliphatic rings. The fourth-order valence-electron chi connectivity index (χ4n) is 3.37. The minimum atomic E-state index is -0.502. The molecule has 3 rings (SSSR count). The van der Waals surface area contributed by atoms with Crippen molar-refractivity contribution in [3.8, 4) is 0 Å². The number of para-hydroxylation sites is 1. The molecule has 2 aromatic rings. The van der Waals surface area contributed by atoms with Crippen LogP contribution in [0.2, 0.25) is 0 Å². The van der Waals surface area contributed by atoms with Crippen LogP contribution in [0, 0.1) is 5.92 Å². The summed E-state index contributed by atoms with van der Waals surface area (Å²) in [4.78, 5) is 33.0. The van der Waals surface area contributed by atoms with Crippen molar-refractivity contribution >= 4 is 45.3 Å². The highest BCUT2D eigenvalue weighted by Gasteiger charge is 2.27. The second kappa shape index (κ2) is 9.34. The molecular formula is C21H29N3O3S2. The zero-order chi connectivity index (χ0) is 21.0. The van der Waals surface area contributed by atoms with Crippen LogP contribution < -0.4 is 0 Å². The van der Waals surface area contributed by atoms with Crippen molar-refractivity contribution in [2.24, 2.45) is 5.92 Å². The van der Waals surface area contributed by atoms with Gasteiger partial charge in [-0.1, -0.05) is 23.9 Å². The minimum Gasteiger partial charge on any atom is -0.444 e. The van der Waals surface area contributed by atoms with E-state index in [2.05, 4.69) is 11.1 Å². The van der Waals surface area contributed by atoms with E-state index < -0.39 is 5.60 Å². The molecule has 2 heterocycles. The zero-order valence-corrected chi connectivity index (χ0v) is 19.1. The van der Waals surface area contributed by atoms with Crippen LogP contribution in [-0.4, -0.2) is 64.8 Å². The largest absolute Gasteiger partial charge is 0.444 e. The lowest BCUT2D eigenvalue weighted by molar-refractivity contribution is -0.130. The monoisotopic (exact) mass is 435 g/mol. The highest BCUT2D eigenvalue weighted by Crippen LogP contribution is 2.29. The summed E-state index contributed by atoms with van der Waals surface area (Å²) in [6.45, 7) is 7.66. The van der Waals surface area contributed by atoms with E-state index in [1.165, 1.54) is 11.8 Å². The Kier molecular flexibility index (Phi) is 7.05. The van der Waals surface area contributed by atoms with E-state index in [-0.39, 0.29) is 17.9 Å². The molecule has 0 radical (unpaired) electrons. The lowest BCUT2D eigenvalue weighted by Gasteiger charge is -2.35. The van der Waals surface area contributed by atoms with Crippen molar-refractivity contribution in [1.82, 2.24) is 14.8 Å². The lowest BCUT2D eigenvalue weighted by Crippen LogP contribution is -2.45. The molecule has 29 heavy (non-hydrogen) atoms. The number of likely N-dealkylation sites (tertiary alicyclic amines) is 1. The molecular weight excluding hydrogens is 406 g/mol. The van der Waals surface area contributed by atoms with E-state index in [9.17, 15) is 9.59 Å². The Labute approximate surface area is 180 Å². The maximum Gasteiger partial charge on any atom is 0.410 e. The number of fused-ring (bicyclic) bond motifs is 1. The molecule has 0 aliphatic carbocycles. The standard InChI is InChI=1S/C21H29N3O3S2/c1-21(2,3)27-20(26)23(4)12-15-8-7-11-24(13-15)18(25)14-28-19-22-16-9-5-6-10-17(16)29-19/h5-6,9-10,15H,7-8,11-14H2,1-4H3. The van der Waals surface area contributed by atoms with Crippen molar-refractivity contribution in [2.75, 3.05) is 32.4 Å². The number of carbonyl (C=O) groups is 2. The smallest absolute Gasteiger partial charge is 0.410 e. The Morgan fingerprint density at radius 1 is 1.34 bits per heavy atom. The van der Waals surface area contributed by atoms with Gasteiger partial charge in [0.2, 0.25) is 5.91 Å². The molecule has 158 valence electrons. The fraction of sp³-hybridized carbons (Fsp3) is 0.571. The fourth-order valence-corrected chi connectivity index (χ4v) is 5.34. The van der Waals surface area contributed by atoms with Gasteiger partial charge < -0.3 is 14.5 Å². The molecule has 1 atom stereocenters. The van der Waals surface area contributed by atoms with Crippen molar-refractivity contribution in [1.29, 1.82) is 0 Å². The molecule has 1 saturated heterocycles. The summed E-state index contributed by atoms with van der Waals surface area (Å²) in [5.74, 6) is 0.811. The van der Waals surface area contributed by atoms with E-state index >= 15 is 0 Å². The third-order valence-electron chi connectivity index (χ3n) is 4.70. The van der Waals surface area contributed by atoms with Crippen molar-refractivity contribution < 1.29 is 14.3 Å². The highest BCUT2D eigenvalue weighted by atomic mass is 32.2. The molecule has 1 aliphatic heterocycles. The number of carbonyl (C=O) groups excluding carboxylic acids is 2. The van der Waals surface area contributed by atoms with Gasteiger partial charge in [0.05, 0.1) is 16.0 Å². The SMILES string of the molecule is CN(CC1CCCN(C(=O)CSc2nc3ccccc3s2)C1)C(=O)OC(C)(C)C. The zero-order valence-electron chi connectivity index (χ0n) is 17.5. The van der Waals surface area contributed by atoms with Gasteiger partial charge in [-0.05, 0) is 51.7 Å². The quantitative estimate of drug-likeness (QED) is 0.648. The first kappa shape index (κ1) is 21.9. The lowest BCUT2D eigenvalue weighted by atomic mass is 9.97. The van der Waals surface area contributed by atoms with E-state index in [1.807, 2.05) is 43.9 Å². The van der Waals surface area contributed by atoms with Gasteiger partial charge in [-0.3, -0.25) is 4.79 Å². The minimum absolute atomic E-state index is 0.138. The summed E-state index contributed by atoms with van der Waals surface area (Å²) >= 11 is 3.13. The van der Waals surface area contributed by atoms with Crippen LogP contribution in [0.1, 0.15) is 33.6 Å². The second-order valence-electron chi connectivity index (χ2n) is 8.45. The first-order valence-corrected chi connectivity index (χ1v) is 11.7. The molecule has 0 bridgehead atoms. The van der Waals surface area contributed by atoms with Gasteiger partial charge in [0.25, 0.3) is 0 Å². The molecule has 8 heteroatoms. The second-order valence-corrected chi connectivity index (χ2v) is 10.7. The van der Waals surface area contributed by atoms with Crippen molar-refractivity contribution in [3.05, 3.63) is 24.3 Å². The van der Waals surface area contributed by atoms with Gasteiger partial charge in [-0.15, -0.1) is 11.3 Å². The Bertz CT molecular complexity index is 829. The number of nitrogens with zero attached hydrogens (tertiary/aromatic N) is 3. The number of hydrogen-bond acceptors (Lipinski definition) is 6. The van der Waals surface area contributed by atoms with Crippen molar-refractivity contribution in [2.45, 2.75) is 43.6 Å². The first-order chi connectivity index (χ1) is 13.7. The number of piperidine rings is 1. The Balaban J connectivity index is 1.49. The third-order valence-corrected chi connectivity index (χ3v) is 6.87. The number of aromatic nitrogens is 1. The number of hydrogen-bond donors (Lipinski definition) is 0. The predicted molar refractivity (Wildman–Crippen MR) is 119 cm³/mol. The normalized spacial score (nSPS) is 17.4. The van der Waals surface area contributed by atoms with E-state index in [0.29, 0.717) is 18.8 Å². The van der Waals surface area contributed by atoms with Gasteiger partial charge in [-0.2, -0.15) is 0 Å². The van der Waals surface area contributed by atoms with Gasteiger partial charge in [-0.25, -0.2) is 9.78 Å². The van der Waals surface area contributed by atoms with E-state index in [4.69, 9.17) is 4.74 Å². The number of amides is 2. The number of ether oxygens (including phenoxy) is 1. The number of thioether (sulfide) groups is 1. The van der Waals surface area contributed by atoms with Gasteiger partial charge in [0.1, 0.15) is 5.60 Å². The number of thiazole rings is 1. The average molecular weight is 436 g/mol. The molecule has 1 aromatic carbocycles. The summed E-state index contributed by atoms with van der Waals surface area (Å²) in [5, 5.41) is 0. The summed E-state index contributed by atoms with van der Waals surface area (Å²) in [6, 6.07) is 8.02. The molecule has 1 unspecified atom stereocenters. The average Bonchev–Trinajstić information content (AvgIpc) is 3.08. The summed E-state index contributed by atoms with van der Waals surface area (Å²) in [5.41, 5.74) is 0.480. The van der Waals surface area contributed by atoms with E-state index in [0.717, 1.165) is 33.9 Å². The number of rotatable bonds is 5. The summed E-state index contributed by atoms with van der Waals surface area (Å²) in [7, 11) is 1.76. The van der Waals surface area contributed by atoms with Gasteiger partial charge in [0, 0.05) is 26.7 Å². The Morgan fingerprint density at radius 2 is 2.10 bits per heavy atom. The van der Waals surface area contributed by atoms with Crippen LogP contribution in [0.4, 0.5) is 4.79 Å². The molecule has 0 spiro atoms. The predicted octanol–water partition coefficient (Wildman–Crippen LogP) is 4.49. The maximum atomic E-state index is 12.7. The summed E-state index contributed by atoms with van der Waals surface area (Å²) in [6.07, 6.45) is 1.67. The highest BCUT2D eigenvalue weighted by molar-refractivity contribution is 8.01. The summed E-state index contributed by atoms with van der Waals surface area (Å²) < 4.78 is 7.50. The molecule has 0 saturated carbocycles. The maximum absolute atomic E-state index is 12.7. The third kappa shape index (κ3) is 6.34. The molecule has 0 N–H and O–H groups in total. The van der Waals surface area contributed by atoms with Crippen LogP contribution in [-0.2, 0) is 9.53 Å². The van der Waals surface area contributed by atoms with Gasteiger partial charge in [0.15, 0.2) is 4.34 Å². The van der Waals surface area contributed by atoms with Gasteiger partial charge >= 0.3 is 6.09 Å². The van der Waals surface area contributed by atoms with E-state index in [1.54, 1.807) is 23.3 Å². The molecule has 1 aromatic heterocycles. The van der Waals surface area contributed by atoms with Crippen LogP contribution in [0.3, 0.4) is 0 Å². The first-order valence-electron chi connectivity index (χ1n) is 9.91. The van der Waals surface area contributed by atoms with Crippen LogP contribution >= 0.6 is 23.1 Å². The molecule has 1 fully saturated rings. The Hall–Kier alpha value is -1.80. The Morgan fingerprint density at radius 3 is 2.83 bits per heavy atom. The molecule has 2 amide bonds. The number of benzene rings is 1. The molecule has 6 nitrogen and oxygen atoms in total. The van der Waals surface area contributed by atoms with Crippen LogP contribution in [0.15, 0.2) is 28.6 Å². The van der Waals surface area contributed by atoms with Crippen LogP contribution in [0.25, 0.3) is 10.2 Å². The van der Waals surface area contributed by atoms with Crippen LogP contribution in [0.5, 0.6) is 0 Å².